The minimum atomic E-state index is -0.694. The summed E-state index contributed by atoms with van der Waals surface area (Å²) in [6, 6.07) is 3.79. The van der Waals surface area contributed by atoms with Crippen molar-refractivity contribution in [2.24, 2.45) is 35.5 Å². The molecule has 1 saturated heterocycles. The van der Waals surface area contributed by atoms with Crippen LogP contribution in [0.3, 0.4) is 0 Å². The Hall–Kier alpha value is -3.03. The zero-order valence-electron chi connectivity index (χ0n) is 14.4. The van der Waals surface area contributed by atoms with Crippen molar-refractivity contribution in [3.8, 4) is 5.75 Å². The Morgan fingerprint density at radius 2 is 1.74 bits per heavy atom. The maximum atomic E-state index is 13.1. The van der Waals surface area contributed by atoms with Crippen LogP contribution in [0.15, 0.2) is 30.4 Å². The molecule has 3 fully saturated rings. The molecule has 0 radical (unpaired) electrons. The second-order valence-corrected chi connectivity index (χ2v) is 7.67. The number of amides is 2. The van der Waals surface area contributed by atoms with E-state index in [0.29, 0.717) is 11.8 Å². The predicted octanol–water partition coefficient (Wildman–Crippen LogP) is 2.08. The van der Waals surface area contributed by atoms with Crippen molar-refractivity contribution in [3.05, 3.63) is 40.5 Å². The summed E-state index contributed by atoms with van der Waals surface area (Å²) in [5, 5.41) is 11.4. The summed E-state index contributed by atoms with van der Waals surface area (Å²) >= 11 is 0. The highest BCUT2D eigenvalue weighted by atomic mass is 16.6. The van der Waals surface area contributed by atoms with E-state index < -0.39 is 16.6 Å². The highest BCUT2D eigenvalue weighted by molar-refractivity contribution is 6.22. The van der Waals surface area contributed by atoms with Crippen LogP contribution in [0.2, 0.25) is 0 Å². The van der Waals surface area contributed by atoms with E-state index in [1.54, 1.807) is 0 Å². The number of ether oxygens (including phenoxy) is 1. The minimum absolute atomic E-state index is 0.0850. The normalized spacial score (nSPS) is 35.1. The van der Waals surface area contributed by atoms with Gasteiger partial charge >= 0.3 is 11.7 Å². The fourth-order valence-electron chi connectivity index (χ4n) is 5.24. The molecule has 2 amide bonds. The van der Waals surface area contributed by atoms with Gasteiger partial charge in [-0.3, -0.25) is 24.5 Å². The molecule has 6 rings (SSSR count). The molecule has 0 unspecified atom stereocenters. The van der Waals surface area contributed by atoms with E-state index >= 15 is 0 Å². The van der Waals surface area contributed by atoms with E-state index in [-0.39, 0.29) is 46.9 Å². The number of nitro benzene ring substituents is 1. The molecular weight excluding hydrogens is 352 g/mol. The number of carbonyl (C=O) groups is 3. The van der Waals surface area contributed by atoms with Crippen molar-refractivity contribution >= 4 is 29.2 Å². The first-order valence-electron chi connectivity index (χ1n) is 8.91. The van der Waals surface area contributed by atoms with E-state index in [1.807, 2.05) is 0 Å². The number of hydrogen-bond donors (Lipinski definition) is 0. The van der Waals surface area contributed by atoms with Gasteiger partial charge in [0.1, 0.15) is 0 Å². The van der Waals surface area contributed by atoms with Crippen LogP contribution in [-0.4, -0.2) is 22.7 Å². The SMILES string of the molecule is CC(=O)Oc1ccc(N2C(=O)[C@@H]3[C@H]4C=C[C@H]([C@H]5C[C@H]45)[C@@H]3C2=O)cc1[N+](=O)[O-]. The number of anilines is 1. The van der Waals surface area contributed by atoms with E-state index in [4.69, 9.17) is 4.74 Å². The number of allylic oxidation sites excluding steroid dienone is 2. The van der Waals surface area contributed by atoms with Crippen LogP contribution in [0.5, 0.6) is 5.75 Å². The van der Waals surface area contributed by atoms with Gasteiger partial charge in [0.25, 0.3) is 0 Å². The molecule has 1 aromatic carbocycles. The van der Waals surface area contributed by atoms with Crippen LogP contribution in [0.25, 0.3) is 0 Å². The molecule has 1 aromatic rings. The first kappa shape index (κ1) is 16.2. The van der Waals surface area contributed by atoms with Crippen molar-refractivity contribution < 1.29 is 24.0 Å². The molecule has 2 bridgehead atoms. The molecule has 27 heavy (non-hydrogen) atoms. The van der Waals surface area contributed by atoms with Crippen LogP contribution in [-0.2, 0) is 14.4 Å². The van der Waals surface area contributed by atoms with E-state index in [2.05, 4.69) is 12.2 Å². The first-order valence-corrected chi connectivity index (χ1v) is 8.91. The lowest BCUT2D eigenvalue weighted by Gasteiger charge is -2.37. The second-order valence-electron chi connectivity index (χ2n) is 7.67. The van der Waals surface area contributed by atoms with E-state index in [1.165, 1.54) is 12.1 Å². The van der Waals surface area contributed by atoms with E-state index in [9.17, 15) is 24.5 Å². The molecule has 8 nitrogen and oxygen atoms in total. The quantitative estimate of drug-likeness (QED) is 0.202. The van der Waals surface area contributed by atoms with Gasteiger partial charge in [0.2, 0.25) is 17.6 Å². The lowest BCUT2D eigenvalue weighted by molar-refractivity contribution is -0.385. The smallest absolute Gasteiger partial charge is 0.313 e. The number of hydrogen-bond acceptors (Lipinski definition) is 6. The largest absolute Gasteiger partial charge is 0.419 e. The molecule has 5 aliphatic rings. The Morgan fingerprint density at radius 3 is 2.26 bits per heavy atom. The fraction of sp³-hybridized carbons (Fsp3) is 0.421. The van der Waals surface area contributed by atoms with Crippen molar-refractivity contribution in [2.45, 2.75) is 13.3 Å². The van der Waals surface area contributed by atoms with Crippen LogP contribution in [0.1, 0.15) is 13.3 Å². The minimum Gasteiger partial charge on any atom is -0.419 e. The average molecular weight is 368 g/mol. The summed E-state index contributed by atoms with van der Waals surface area (Å²) in [6.07, 6.45) is 5.21. The molecule has 1 heterocycles. The Morgan fingerprint density at radius 1 is 1.15 bits per heavy atom. The molecule has 1 aliphatic heterocycles. The third-order valence-corrected chi connectivity index (χ3v) is 6.31. The number of rotatable bonds is 3. The Bertz CT molecular complexity index is 918. The molecule has 0 spiro atoms. The van der Waals surface area contributed by atoms with Gasteiger partial charge in [-0.1, -0.05) is 12.2 Å². The predicted molar refractivity (Wildman–Crippen MR) is 91.6 cm³/mol. The summed E-state index contributed by atoms with van der Waals surface area (Å²) in [7, 11) is 0. The number of nitro groups is 1. The molecule has 138 valence electrons. The number of esters is 1. The number of carbonyl (C=O) groups excluding carboxylic acids is 3. The summed E-state index contributed by atoms with van der Waals surface area (Å²) in [4.78, 5) is 49.0. The number of imide groups is 1. The molecule has 0 N–H and O–H groups in total. The monoisotopic (exact) mass is 368 g/mol. The summed E-state index contributed by atoms with van der Waals surface area (Å²) in [6.45, 7) is 1.14. The average Bonchev–Trinajstić information content (AvgIpc) is 3.39. The van der Waals surface area contributed by atoms with Crippen LogP contribution < -0.4 is 9.64 Å². The molecule has 0 aromatic heterocycles. The highest BCUT2D eigenvalue weighted by Crippen LogP contribution is 2.65. The first-order chi connectivity index (χ1) is 12.9. The Balaban J connectivity index is 1.53. The lowest BCUT2D eigenvalue weighted by atomic mass is 9.63. The third-order valence-electron chi connectivity index (χ3n) is 6.31. The summed E-state index contributed by atoms with van der Waals surface area (Å²) in [5.74, 6) is -1.08. The maximum absolute atomic E-state index is 13.1. The Labute approximate surface area is 153 Å². The molecule has 2 saturated carbocycles. The van der Waals surface area contributed by atoms with Gasteiger partial charge in [-0.15, -0.1) is 0 Å². The topological polar surface area (TPSA) is 107 Å². The van der Waals surface area contributed by atoms with Crippen LogP contribution in [0.4, 0.5) is 11.4 Å². The summed E-state index contributed by atoms with van der Waals surface area (Å²) in [5.41, 5.74) is -0.308. The van der Waals surface area contributed by atoms with E-state index in [0.717, 1.165) is 24.3 Å². The second kappa shape index (κ2) is 5.25. The van der Waals surface area contributed by atoms with Gasteiger partial charge in [-0.05, 0) is 42.2 Å². The summed E-state index contributed by atoms with van der Waals surface area (Å²) < 4.78 is 4.86. The van der Waals surface area contributed by atoms with Crippen molar-refractivity contribution in [1.82, 2.24) is 0 Å². The van der Waals surface area contributed by atoms with Gasteiger partial charge in [0.05, 0.1) is 22.4 Å². The molecule has 4 aliphatic carbocycles. The standard InChI is InChI=1S/C19H16N2O6/c1-8(22)27-15-5-2-9(6-14(15)21(25)26)20-18(23)16-10-3-4-11(13-7-12(10)13)17(16)19(20)24/h2-6,10-13,16-17H,7H2,1H3/t10-,11+,12-,13-,16+,17-/m1/s1. The van der Waals surface area contributed by atoms with Crippen molar-refractivity contribution in [1.29, 1.82) is 0 Å². The zero-order chi connectivity index (χ0) is 19.0. The van der Waals surface area contributed by atoms with Crippen molar-refractivity contribution in [3.63, 3.8) is 0 Å². The highest BCUT2D eigenvalue weighted by Gasteiger charge is 2.67. The van der Waals surface area contributed by atoms with Crippen LogP contribution in [0, 0.1) is 45.6 Å². The van der Waals surface area contributed by atoms with Gasteiger partial charge in [0, 0.05) is 13.0 Å². The fourth-order valence-corrected chi connectivity index (χ4v) is 5.24. The van der Waals surface area contributed by atoms with Gasteiger partial charge in [-0.25, -0.2) is 4.90 Å². The van der Waals surface area contributed by atoms with Crippen molar-refractivity contribution in [2.75, 3.05) is 4.90 Å². The molecule has 8 heteroatoms. The maximum Gasteiger partial charge on any atom is 0.313 e. The van der Waals surface area contributed by atoms with Gasteiger partial charge in [-0.2, -0.15) is 0 Å². The van der Waals surface area contributed by atoms with Gasteiger partial charge < -0.3 is 4.74 Å². The number of benzene rings is 1. The third kappa shape index (κ3) is 2.12. The zero-order valence-corrected chi connectivity index (χ0v) is 14.4. The van der Waals surface area contributed by atoms with Gasteiger partial charge in [0.15, 0.2) is 0 Å². The lowest BCUT2D eigenvalue weighted by Crippen LogP contribution is -2.40. The number of nitrogens with zero attached hydrogens (tertiary/aromatic N) is 2. The Kier molecular flexibility index (Phi) is 3.14. The molecular formula is C19H16N2O6. The van der Waals surface area contributed by atoms with Crippen LogP contribution >= 0.6 is 0 Å². The molecule has 6 atom stereocenters.